The van der Waals surface area contributed by atoms with Crippen LogP contribution in [0.4, 0.5) is 0 Å². The van der Waals surface area contributed by atoms with E-state index in [4.69, 9.17) is 0 Å². The van der Waals surface area contributed by atoms with Gasteiger partial charge in [-0.25, -0.2) is 4.79 Å². The maximum atomic E-state index is 12.2. The Morgan fingerprint density at radius 1 is 1.07 bits per heavy atom. The number of esters is 1. The van der Waals surface area contributed by atoms with Gasteiger partial charge in [0.2, 0.25) is 5.91 Å². The fraction of sp³-hybridized carbons (Fsp3) is 0.571. The Bertz CT molecular complexity index is 628. The number of hydrogen-bond donors (Lipinski definition) is 1. The first-order valence-electron chi connectivity index (χ1n) is 9.53. The molecule has 0 fully saturated rings. The molecule has 1 unspecified atom stereocenters. The zero-order valence-corrected chi connectivity index (χ0v) is 16.9. The molecule has 1 aromatic rings. The Kier molecular flexibility index (Phi) is 10.2. The molecule has 0 saturated carbocycles. The Morgan fingerprint density at radius 3 is 2.41 bits per heavy atom. The molecule has 0 heterocycles. The summed E-state index contributed by atoms with van der Waals surface area (Å²) in [6, 6.07) is 6.81. The van der Waals surface area contributed by atoms with Crippen molar-refractivity contribution in [2.45, 2.75) is 57.9 Å². The minimum absolute atomic E-state index is 0.187. The second-order valence-electron chi connectivity index (χ2n) is 6.97. The van der Waals surface area contributed by atoms with E-state index in [1.54, 1.807) is 32.0 Å². The van der Waals surface area contributed by atoms with Gasteiger partial charge >= 0.3 is 5.97 Å². The van der Waals surface area contributed by atoms with E-state index in [1.807, 2.05) is 18.2 Å². The lowest BCUT2D eigenvalue weighted by Gasteiger charge is -2.12. The molecule has 27 heavy (non-hydrogen) atoms. The van der Waals surface area contributed by atoms with Crippen molar-refractivity contribution in [3.63, 3.8) is 0 Å². The number of aryl methyl sites for hydroxylation is 1. The minimum Gasteiger partial charge on any atom is -0.467 e. The molecule has 1 atom stereocenters. The van der Waals surface area contributed by atoms with E-state index >= 15 is 0 Å². The molecule has 1 rings (SSSR count). The lowest BCUT2D eigenvalue weighted by molar-refractivity contribution is -0.142. The van der Waals surface area contributed by atoms with E-state index < -0.39 is 12.0 Å². The van der Waals surface area contributed by atoms with Crippen molar-refractivity contribution in [3.05, 3.63) is 35.4 Å². The number of benzene rings is 1. The molecule has 0 saturated heterocycles. The molecule has 1 N–H and O–H groups in total. The van der Waals surface area contributed by atoms with Crippen LogP contribution in [0.1, 0.15) is 61.4 Å². The van der Waals surface area contributed by atoms with Crippen LogP contribution in [0.2, 0.25) is 0 Å². The van der Waals surface area contributed by atoms with Crippen LogP contribution in [0.5, 0.6) is 0 Å². The second kappa shape index (κ2) is 12.1. The average Bonchev–Trinajstić information content (AvgIpc) is 2.66. The van der Waals surface area contributed by atoms with E-state index in [2.05, 4.69) is 10.1 Å². The number of carbonyl (C=O) groups is 3. The number of nitrogens with zero attached hydrogens (tertiary/aromatic N) is 1. The minimum atomic E-state index is -0.675. The zero-order chi connectivity index (χ0) is 20.2. The van der Waals surface area contributed by atoms with Gasteiger partial charge in [0.05, 0.1) is 7.11 Å². The standard InChI is InChI=1S/C21H32N2O4/c1-16(21(26)27-4)22-20(25)18-13-10-12-17(15-18)11-8-6-5-7-9-14-19(24)23(2)3/h10,12-13,15-16H,5-9,11,14H2,1-4H3,(H,22,25). The Labute approximate surface area is 162 Å². The quantitative estimate of drug-likeness (QED) is 0.476. The maximum absolute atomic E-state index is 12.2. The smallest absolute Gasteiger partial charge is 0.328 e. The van der Waals surface area contributed by atoms with Gasteiger partial charge in [0, 0.05) is 26.1 Å². The summed E-state index contributed by atoms with van der Waals surface area (Å²) in [6.07, 6.45) is 6.78. The molecule has 2 amide bonds. The molecule has 0 aliphatic rings. The van der Waals surface area contributed by atoms with Crippen molar-refractivity contribution >= 4 is 17.8 Å². The summed E-state index contributed by atoms with van der Waals surface area (Å²) in [4.78, 5) is 36.8. The summed E-state index contributed by atoms with van der Waals surface area (Å²) >= 11 is 0. The van der Waals surface area contributed by atoms with Crippen LogP contribution >= 0.6 is 0 Å². The highest BCUT2D eigenvalue weighted by molar-refractivity contribution is 5.96. The van der Waals surface area contributed by atoms with Crippen molar-refractivity contribution in [1.29, 1.82) is 0 Å². The van der Waals surface area contributed by atoms with Gasteiger partial charge < -0.3 is 15.0 Å². The maximum Gasteiger partial charge on any atom is 0.328 e. The Hall–Kier alpha value is -2.37. The van der Waals surface area contributed by atoms with E-state index in [0.717, 1.165) is 44.1 Å². The van der Waals surface area contributed by atoms with E-state index in [-0.39, 0.29) is 11.8 Å². The van der Waals surface area contributed by atoms with E-state index in [9.17, 15) is 14.4 Å². The van der Waals surface area contributed by atoms with Crippen LogP contribution in [0.3, 0.4) is 0 Å². The Balaban J connectivity index is 2.33. The van der Waals surface area contributed by atoms with Crippen LogP contribution in [0.15, 0.2) is 24.3 Å². The summed E-state index contributed by atoms with van der Waals surface area (Å²) in [5.74, 6) is -0.557. The molecule has 0 radical (unpaired) electrons. The van der Waals surface area contributed by atoms with Gasteiger partial charge in [-0.2, -0.15) is 0 Å². The SMILES string of the molecule is COC(=O)C(C)NC(=O)c1cccc(CCCCCCCC(=O)N(C)C)c1. The molecule has 0 bridgehead atoms. The van der Waals surface area contributed by atoms with Crippen molar-refractivity contribution in [2.24, 2.45) is 0 Å². The van der Waals surface area contributed by atoms with Crippen LogP contribution in [0.25, 0.3) is 0 Å². The molecule has 0 aromatic heterocycles. The summed E-state index contributed by atoms with van der Waals surface area (Å²) in [5, 5.41) is 2.64. The van der Waals surface area contributed by atoms with Crippen molar-refractivity contribution in [1.82, 2.24) is 10.2 Å². The third-order valence-electron chi connectivity index (χ3n) is 4.45. The summed E-state index contributed by atoms with van der Waals surface area (Å²) in [7, 11) is 4.87. The molecule has 6 heteroatoms. The van der Waals surface area contributed by atoms with Crippen molar-refractivity contribution < 1.29 is 19.1 Å². The fourth-order valence-corrected chi connectivity index (χ4v) is 2.74. The predicted octanol–water partition coefficient (Wildman–Crippen LogP) is 2.95. The highest BCUT2D eigenvalue weighted by atomic mass is 16.5. The summed E-state index contributed by atoms with van der Waals surface area (Å²) in [5.41, 5.74) is 1.65. The first-order valence-corrected chi connectivity index (χ1v) is 9.53. The van der Waals surface area contributed by atoms with Crippen molar-refractivity contribution in [3.8, 4) is 0 Å². The fourth-order valence-electron chi connectivity index (χ4n) is 2.74. The number of amides is 2. The molecular formula is C21H32N2O4. The zero-order valence-electron chi connectivity index (χ0n) is 16.9. The van der Waals surface area contributed by atoms with Gasteiger partial charge in [0.1, 0.15) is 6.04 Å². The highest BCUT2D eigenvalue weighted by Gasteiger charge is 2.16. The van der Waals surface area contributed by atoms with Crippen LogP contribution in [-0.2, 0) is 20.7 Å². The van der Waals surface area contributed by atoms with E-state index in [0.29, 0.717) is 12.0 Å². The topological polar surface area (TPSA) is 75.7 Å². The molecule has 0 spiro atoms. The summed E-state index contributed by atoms with van der Waals surface area (Å²) < 4.78 is 4.62. The second-order valence-corrected chi connectivity index (χ2v) is 6.97. The molecule has 6 nitrogen and oxygen atoms in total. The van der Waals surface area contributed by atoms with Gasteiger partial charge in [0.25, 0.3) is 5.91 Å². The first-order chi connectivity index (χ1) is 12.8. The monoisotopic (exact) mass is 376 g/mol. The molecule has 0 aliphatic heterocycles. The summed E-state index contributed by atoms with van der Waals surface area (Å²) in [6.45, 7) is 1.60. The van der Waals surface area contributed by atoms with Crippen LogP contribution in [0, 0.1) is 0 Å². The molecule has 1 aromatic carbocycles. The third kappa shape index (κ3) is 8.71. The predicted molar refractivity (Wildman–Crippen MR) is 105 cm³/mol. The number of unbranched alkanes of at least 4 members (excludes halogenated alkanes) is 4. The number of carbonyl (C=O) groups excluding carboxylic acids is 3. The normalized spacial score (nSPS) is 11.6. The lowest BCUT2D eigenvalue weighted by atomic mass is 10.0. The van der Waals surface area contributed by atoms with Gasteiger partial charge in [-0.3, -0.25) is 9.59 Å². The number of nitrogens with one attached hydrogen (secondary N) is 1. The van der Waals surface area contributed by atoms with Gasteiger partial charge in [-0.15, -0.1) is 0 Å². The molecular weight excluding hydrogens is 344 g/mol. The lowest BCUT2D eigenvalue weighted by Crippen LogP contribution is -2.39. The largest absolute Gasteiger partial charge is 0.467 e. The van der Waals surface area contributed by atoms with Crippen LogP contribution < -0.4 is 5.32 Å². The number of ether oxygens (including phenoxy) is 1. The number of methoxy groups -OCH3 is 1. The first kappa shape index (κ1) is 22.7. The van der Waals surface area contributed by atoms with Crippen molar-refractivity contribution in [2.75, 3.05) is 21.2 Å². The number of rotatable bonds is 11. The average molecular weight is 376 g/mol. The molecule has 150 valence electrons. The highest BCUT2D eigenvalue weighted by Crippen LogP contribution is 2.12. The number of hydrogen-bond acceptors (Lipinski definition) is 4. The molecule has 0 aliphatic carbocycles. The van der Waals surface area contributed by atoms with E-state index in [1.165, 1.54) is 7.11 Å². The Morgan fingerprint density at radius 2 is 1.74 bits per heavy atom. The van der Waals surface area contributed by atoms with Gasteiger partial charge in [-0.05, 0) is 43.9 Å². The van der Waals surface area contributed by atoms with Crippen LogP contribution in [-0.4, -0.2) is 49.9 Å². The third-order valence-corrected chi connectivity index (χ3v) is 4.45. The van der Waals surface area contributed by atoms with Gasteiger partial charge in [0.15, 0.2) is 0 Å². The van der Waals surface area contributed by atoms with Gasteiger partial charge in [-0.1, -0.05) is 31.4 Å².